The molecule has 8 heteroatoms. The molecule has 0 aromatic heterocycles. The molecule has 1 aromatic rings. The van der Waals surface area contributed by atoms with Gasteiger partial charge in [-0.3, -0.25) is 0 Å². The summed E-state index contributed by atoms with van der Waals surface area (Å²) in [6, 6.07) is 6.54. The Morgan fingerprint density at radius 1 is 1.25 bits per heavy atom. The molecule has 2 atom stereocenters. The summed E-state index contributed by atoms with van der Waals surface area (Å²) >= 11 is 0. The van der Waals surface area contributed by atoms with Crippen LogP contribution in [0, 0.1) is 0 Å². The molecule has 0 spiro atoms. The Morgan fingerprint density at radius 2 is 1.96 bits per heavy atom. The Labute approximate surface area is 150 Å². The van der Waals surface area contributed by atoms with E-state index < -0.39 is 10.0 Å². The van der Waals surface area contributed by atoms with Gasteiger partial charge in [0.1, 0.15) is 12.4 Å². The Bertz CT molecular complexity index is 580. The lowest BCUT2D eigenvalue weighted by molar-refractivity contribution is 0.110. The van der Waals surface area contributed by atoms with E-state index in [9.17, 15) is 8.42 Å². The zero-order valence-electron chi connectivity index (χ0n) is 14.2. The molecule has 0 bridgehead atoms. The molecule has 138 valence electrons. The highest BCUT2D eigenvalue weighted by molar-refractivity contribution is 7.89. The van der Waals surface area contributed by atoms with Crippen LogP contribution in [0.3, 0.4) is 0 Å². The zero-order chi connectivity index (χ0) is 16.7. The Kier molecular flexibility index (Phi) is 9.01. The van der Waals surface area contributed by atoms with Crippen LogP contribution in [-0.4, -0.2) is 46.9 Å². The minimum absolute atomic E-state index is 0. The third-order valence-electron chi connectivity index (χ3n) is 3.90. The Balaban J connectivity index is 0.00000288. The number of hydrogen-bond acceptors (Lipinski definition) is 5. The quantitative estimate of drug-likeness (QED) is 0.676. The summed E-state index contributed by atoms with van der Waals surface area (Å²) < 4.78 is 38.4. The molecule has 2 rings (SSSR count). The van der Waals surface area contributed by atoms with Crippen molar-refractivity contribution in [3.8, 4) is 5.75 Å². The van der Waals surface area contributed by atoms with Crippen LogP contribution in [0.4, 0.5) is 0 Å². The predicted octanol–water partition coefficient (Wildman–Crippen LogP) is 1.94. The smallest absolute Gasteiger partial charge is 0.240 e. The maximum Gasteiger partial charge on any atom is 0.240 e. The summed E-state index contributed by atoms with van der Waals surface area (Å²) in [5, 5.41) is 3.29. The number of ether oxygens (including phenoxy) is 2. The number of halogens is 1. The molecule has 1 saturated heterocycles. The molecule has 1 aromatic carbocycles. The molecular formula is C16H27ClN2O4S. The SMILES string of the molecule is CCOCCOc1ccc(S(=O)(=O)NC2CCCNC2C)cc1.Cl. The van der Waals surface area contributed by atoms with Gasteiger partial charge in [-0.2, -0.15) is 0 Å². The van der Waals surface area contributed by atoms with E-state index in [4.69, 9.17) is 9.47 Å². The standard InChI is InChI=1S/C16H26N2O4S.ClH/c1-3-21-11-12-22-14-6-8-15(9-7-14)23(19,20)18-16-5-4-10-17-13(16)2;/h6-9,13,16-18H,3-5,10-12H2,1-2H3;1H. The Hall–Kier alpha value is -0.860. The van der Waals surface area contributed by atoms with Crippen LogP contribution >= 0.6 is 12.4 Å². The van der Waals surface area contributed by atoms with Gasteiger partial charge in [-0.25, -0.2) is 13.1 Å². The first kappa shape index (κ1) is 21.2. The van der Waals surface area contributed by atoms with Crippen LogP contribution in [0.5, 0.6) is 5.75 Å². The maximum atomic E-state index is 12.5. The van der Waals surface area contributed by atoms with E-state index in [2.05, 4.69) is 10.0 Å². The van der Waals surface area contributed by atoms with E-state index >= 15 is 0 Å². The summed E-state index contributed by atoms with van der Waals surface area (Å²) in [6.45, 7) is 6.49. The second-order valence-electron chi connectivity index (χ2n) is 5.63. The number of hydrogen-bond donors (Lipinski definition) is 2. The third kappa shape index (κ3) is 6.22. The van der Waals surface area contributed by atoms with Gasteiger partial charge in [0.15, 0.2) is 0 Å². The largest absolute Gasteiger partial charge is 0.491 e. The van der Waals surface area contributed by atoms with Crippen molar-refractivity contribution in [2.75, 3.05) is 26.4 Å². The highest BCUT2D eigenvalue weighted by Gasteiger charge is 2.26. The van der Waals surface area contributed by atoms with Crippen molar-refractivity contribution < 1.29 is 17.9 Å². The fourth-order valence-corrected chi connectivity index (χ4v) is 3.90. The summed E-state index contributed by atoms with van der Waals surface area (Å²) in [5.74, 6) is 0.636. The van der Waals surface area contributed by atoms with Gasteiger partial charge in [-0.05, 0) is 57.5 Å². The first-order valence-electron chi connectivity index (χ1n) is 8.09. The molecular weight excluding hydrogens is 352 g/mol. The van der Waals surface area contributed by atoms with Crippen LogP contribution < -0.4 is 14.8 Å². The summed E-state index contributed by atoms with van der Waals surface area (Å²) in [5.41, 5.74) is 0. The fourth-order valence-electron chi connectivity index (χ4n) is 2.55. The van der Waals surface area contributed by atoms with Gasteiger partial charge in [0.05, 0.1) is 11.5 Å². The van der Waals surface area contributed by atoms with Crippen LogP contribution in [0.15, 0.2) is 29.2 Å². The second-order valence-corrected chi connectivity index (χ2v) is 7.34. The highest BCUT2D eigenvalue weighted by Crippen LogP contribution is 2.18. The topological polar surface area (TPSA) is 76.7 Å². The number of piperidine rings is 1. The lowest BCUT2D eigenvalue weighted by atomic mass is 10.0. The molecule has 2 N–H and O–H groups in total. The lowest BCUT2D eigenvalue weighted by Gasteiger charge is -2.30. The van der Waals surface area contributed by atoms with Gasteiger partial charge in [0.2, 0.25) is 10.0 Å². The number of nitrogens with one attached hydrogen (secondary N) is 2. The van der Waals surface area contributed by atoms with Crippen LogP contribution in [-0.2, 0) is 14.8 Å². The average Bonchev–Trinajstić information content (AvgIpc) is 2.54. The predicted molar refractivity (Wildman–Crippen MR) is 96.5 cm³/mol. The zero-order valence-corrected chi connectivity index (χ0v) is 15.8. The molecule has 2 unspecified atom stereocenters. The van der Waals surface area contributed by atoms with Gasteiger partial charge in [0.25, 0.3) is 0 Å². The number of sulfonamides is 1. The molecule has 1 aliphatic heterocycles. The third-order valence-corrected chi connectivity index (χ3v) is 5.41. The molecule has 0 amide bonds. The van der Waals surface area contributed by atoms with E-state index in [1.165, 1.54) is 0 Å². The molecule has 1 fully saturated rings. The second kappa shape index (κ2) is 10.2. The maximum absolute atomic E-state index is 12.5. The molecule has 24 heavy (non-hydrogen) atoms. The van der Waals surface area contributed by atoms with Gasteiger partial charge >= 0.3 is 0 Å². The van der Waals surface area contributed by atoms with Crippen molar-refractivity contribution in [3.63, 3.8) is 0 Å². The van der Waals surface area contributed by atoms with Crippen molar-refractivity contribution in [1.29, 1.82) is 0 Å². The van der Waals surface area contributed by atoms with Gasteiger partial charge in [0, 0.05) is 18.7 Å². The van der Waals surface area contributed by atoms with Crippen LogP contribution in [0.1, 0.15) is 26.7 Å². The van der Waals surface area contributed by atoms with Crippen molar-refractivity contribution in [2.24, 2.45) is 0 Å². The van der Waals surface area contributed by atoms with E-state index in [0.29, 0.717) is 25.6 Å². The first-order chi connectivity index (χ1) is 11.0. The molecule has 6 nitrogen and oxygen atoms in total. The van der Waals surface area contributed by atoms with E-state index in [0.717, 1.165) is 19.4 Å². The van der Waals surface area contributed by atoms with Crippen LogP contribution in [0.2, 0.25) is 0 Å². The number of benzene rings is 1. The first-order valence-corrected chi connectivity index (χ1v) is 9.57. The summed E-state index contributed by atoms with van der Waals surface area (Å²) in [4.78, 5) is 0.257. The molecule has 0 aliphatic carbocycles. The van der Waals surface area contributed by atoms with Gasteiger partial charge in [-0.1, -0.05) is 0 Å². The number of rotatable bonds is 8. The monoisotopic (exact) mass is 378 g/mol. The van der Waals surface area contributed by atoms with Gasteiger partial charge in [-0.15, -0.1) is 12.4 Å². The van der Waals surface area contributed by atoms with Crippen molar-refractivity contribution in [3.05, 3.63) is 24.3 Å². The highest BCUT2D eigenvalue weighted by atomic mass is 35.5. The molecule has 1 heterocycles. The van der Waals surface area contributed by atoms with Gasteiger partial charge < -0.3 is 14.8 Å². The molecule has 0 radical (unpaired) electrons. The minimum Gasteiger partial charge on any atom is -0.491 e. The summed E-state index contributed by atoms with van der Waals surface area (Å²) in [6.07, 6.45) is 1.83. The van der Waals surface area contributed by atoms with E-state index in [1.54, 1.807) is 24.3 Å². The van der Waals surface area contributed by atoms with Crippen molar-refractivity contribution >= 4 is 22.4 Å². The fraction of sp³-hybridized carbons (Fsp3) is 0.625. The van der Waals surface area contributed by atoms with E-state index in [1.807, 2.05) is 13.8 Å². The van der Waals surface area contributed by atoms with Crippen molar-refractivity contribution in [1.82, 2.24) is 10.0 Å². The molecule has 1 aliphatic rings. The summed E-state index contributed by atoms with van der Waals surface area (Å²) in [7, 11) is -3.51. The Morgan fingerprint density at radius 3 is 2.58 bits per heavy atom. The van der Waals surface area contributed by atoms with Crippen LogP contribution in [0.25, 0.3) is 0 Å². The lowest BCUT2D eigenvalue weighted by Crippen LogP contribution is -2.51. The van der Waals surface area contributed by atoms with Crippen molar-refractivity contribution in [2.45, 2.75) is 43.7 Å². The molecule has 0 saturated carbocycles. The minimum atomic E-state index is -3.51. The average molecular weight is 379 g/mol. The van der Waals surface area contributed by atoms with E-state index in [-0.39, 0.29) is 29.4 Å². The normalized spacial score (nSPS) is 21.1.